The van der Waals surface area contributed by atoms with Crippen LogP contribution in [-0.4, -0.2) is 64.7 Å². The lowest BCUT2D eigenvalue weighted by Gasteiger charge is -2.32. The van der Waals surface area contributed by atoms with Gasteiger partial charge < -0.3 is 29.6 Å². The van der Waals surface area contributed by atoms with Gasteiger partial charge in [-0.1, -0.05) is 11.6 Å². The van der Waals surface area contributed by atoms with Crippen molar-refractivity contribution in [2.45, 2.75) is 45.6 Å². The Balaban J connectivity index is 1.33. The number of methoxy groups -OCH3 is 1. The third-order valence-corrected chi connectivity index (χ3v) is 7.63. The number of ether oxygens (including phenoxy) is 2. The minimum absolute atomic E-state index is 0.0453. The number of benzene rings is 2. The van der Waals surface area contributed by atoms with E-state index < -0.39 is 29.2 Å². The molecule has 1 aliphatic heterocycles. The van der Waals surface area contributed by atoms with E-state index in [1.54, 1.807) is 17.0 Å². The van der Waals surface area contributed by atoms with Crippen molar-refractivity contribution in [1.82, 2.24) is 19.8 Å². The van der Waals surface area contributed by atoms with Gasteiger partial charge in [0.25, 0.3) is 11.8 Å². The maximum Gasteiger partial charge on any atom is 0.407 e. The number of carbonyl (C=O) groups is 3. The monoisotopic (exact) mass is 631 g/mol. The van der Waals surface area contributed by atoms with Crippen LogP contribution in [0.15, 0.2) is 36.5 Å². The first-order valence-corrected chi connectivity index (χ1v) is 14.6. The second-order valence-electron chi connectivity index (χ2n) is 11.6. The number of halogens is 3. The Labute approximate surface area is 259 Å². The third-order valence-electron chi connectivity index (χ3n) is 7.31. The van der Waals surface area contributed by atoms with Crippen LogP contribution >= 0.6 is 11.6 Å². The number of rotatable bonds is 8. The van der Waals surface area contributed by atoms with Crippen molar-refractivity contribution in [2.24, 2.45) is 13.0 Å². The zero-order valence-corrected chi connectivity index (χ0v) is 26.1. The van der Waals surface area contributed by atoms with Crippen LogP contribution in [0.2, 0.25) is 5.02 Å². The minimum Gasteiger partial charge on any atom is -0.494 e. The number of hydrogen-bond acceptors (Lipinski definition) is 6. The molecule has 3 aromatic rings. The molecule has 0 saturated carbocycles. The summed E-state index contributed by atoms with van der Waals surface area (Å²) >= 11 is 6.46. The summed E-state index contributed by atoms with van der Waals surface area (Å²) < 4.78 is 40.3. The molecule has 0 bridgehead atoms. The number of likely N-dealkylation sites (tertiary alicyclic amines) is 1. The van der Waals surface area contributed by atoms with Gasteiger partial charge in [-0.2, -0.15) is 4.39 Å². The SMILES string of the molecule is COc1ccc(-c2cnc(C(=O)Nc3ccc(C(=O)N4CCC(CCNC(=O)OC(C)(C)C)CC4)c(Cl)c3)n2C)c(F)c1F. The largest absolute Gasteiger partial charge is 0.494 e. The maximum absolute atomic E-state index is 14.6. The number of aromatic nitrogens is 2. The lowest BCUT2D eigenvalue weighted by molar-refractivity contribution is 0.0522. The zero-order chi connectivity index (χ0) is 32.2. The van der Waals surface area contributed by atoms with Gasteiger partial charge in [0.1, 0.15) is 5.60 Å². The molecule has 2 N–H and O–H groups in total. The Morgan fingerprint density at radius 2 is 1.80 bits per heavy atom. The maximum atomic E-state index is 14.6. The molecule has 0 atom stereocenters. The van der Waals surface area contributed by atoms with Crippen molar-refractivity contribution in [3.63, 3.8) is 0 Å². The van der Waals surface area contributed by atoms with Gasteiger partial charge in [-0.15, -0.1) is 0 Å². The highest BCUT2D eigenvalue weighted by Crippen LogP contribution is 2.30. The Hall–Kier alpha value is -4.19. The number of hydrogen-bond donors (Lipinski definition) is 2. The highest BCUT2D eigenvalue weighted by atomic mass is 35.5. The van der Waals surface area contributed by atoms with Crippen LogP contribution in [0.3, 0.4) is 0 Å². The molecule has 2 aromatic carbocycles. The number of amides is 3. The normalized spacial score (nSPS) is 13.9. The Morgan fingerprint density at radius 1 is 1.09 bits per heavy atom. The number of imidazole rings is 1. The zero-order valence-electron chi connectivity index (χ0n) is 25.3. The van der Waals surface area contributed by atoms with Gasteiger partial charge >= 0.3 is 6.09 Å². The molecule has 1 saturated heterocycles. The van der Waals surface area contributed by atoms with Crippen LogP contribution in [0.1, 0.15) is 61.0 Å². The quantitative estimate of drug-likeness (QED) is 0.313. The third kappa shape index (κ3) is 7.65. The average molecular weight is 632 g/mol. The summed E-state index contributed by atoms with van der Waals surface area (Å²) in [6, 6.07) is 7.23. The van der Waals surface area contributed by atoms with Crippen LogP contribution in [0.4, 0.5) is 19.3 Å². The molecule has 10 nitrogen and oxygen atoms in total. The summed E-state index contributed by atoms with van der Waals surface area (Å²) in [6.45, 7) is 7.06. The van der Waals surface area contributed by atoms with Crippen LogP contribution in [0, 0.1) is 17.6 Å². The summed E-state index contributed by atoms with van der Waals surface area (Å²) in [6.07, 6.45) is 3.22. The molecule has 2 heterocycles. The smallest absolute Gasteiger partial charge is 0.407 e. The van der Waals surface area contributed by atoms with Crippen molar-refractivity contribution < 1.29 is 32.6 Å². The molecule has 0 spiro atoms. The number of nitrogens with zero attached hydrogens (tertiary/aromatic N) is 3. The Bertz CT molecular complexity index is 1550. The van der Waals surface area contributed by atoms with Gasteiger partial charge in [0.2, 0.25) is 5.82 Å². The topological polar surface area (TPSA) is 115 Å². The van der Waals surface area contributed by atoms with Crippen LogP contribution in [0.25, 0.3) is 11.3 Å². The van der Waals surface area contributed by atoms with E-state index in [1.165, 1.54) is 43.1 Å². The first-order valence-electron chi connectivity index (χ1n) is 14.2. The molecule has 1 fully saturated rings. The fourth-order valence-electron chi connectivity index (χ4n) is 5.00. The van der Waals surface area contributed by atoms with Crippen molar-refractivity contribution in [2.75, 3.05) is 32.1 Å². The highest BCUT2D eigenvalue weighted by Gasteiger charge is 2.26. The second-order valence-corrected chi connectivity index (χ2v) is 12.0. The van der Waals surface area contributed by atoms with Crippen LogP contribution in [0.5, 0.6) is 5.75 Å². The van der Waals surface area contributed by atoms with E-state index in [2.05, 4.69) is 15.6 Å². The van der Waals surface area contributed by atoms with Gasteiger partial charge in [-0.3, -0.25) is 9.59 Å². The number of anilines is 1. The number of nitrogens with one attached hydrogen (secondary N) is 2. The van der Waals surface area contributed by atoms with E-state index in [9.17, 15) is 23.2 Å². The lowest BCUT2D eigenvalue weighted by atomic mass is 9.93. The average Bonchev–Trinajstić information content (AvgIpc) is 3.34. The summed E-state index contributed by atoms with van der Waals surface area (Å²) in [4.78, 5) is 43.9. The van der Waals surface area contributed by atoms with E-state index in [4.69, 9.17) is 21.1 Å². The summed E-state index contributed by atoms with van der Waals surface area (Å²) in [7, 11) is 2.74. The van der Waals surface area contributed by atoms with E-state index in [0.29, 0.717) is 36.8 Å². The summed E-state index contributed by atoms with van der Waals surface area (Å²) in [5, 5.41) is 5.63. The van der Waals surface area contributed by atoms with E-state index in [-0.39, 0.29) is 33.8 Å². The molecule has 3 amide bonds. The molecule has 1 aliphatic rings. The molecule has 4 rings (SSSR count). The van der Waals surface area contributed by atoms with Gasteiger partial charge in [0, 0.05) is 37.9 Å². The molecule has 44 heavy (non-hydrogen) atoms. The van der Waals surface area contributed by atoms with Gasteiger partial charge in [0.05, 0.1) is 29.6 Å². The first-order chi connectivity index (χ1) is 20.8. The molecule has 0 radical (unpaired) electrons. The number of piperidine rings is 1. The predicted molar refractivity (Wildman–Crippen MR) is 162 cm³/mol. The highest BCUT2D eigenvalue weighted by molar-refractivity contribution is 6.34. The van der Waals surface area contributed by atoms with Gasteiger partial charge in [-0.05, 0) is 76.3 Å². The number of alkyl carbamates (subject to hydrolysis) is 1. The van der Waals surface area contributed by atoms with Gasteiger partial charge in [0.15, 0.2) is 17.4 Å². The van der Waals surface area contributed by atoms with E-state index >= 15 is 0 Å². The Kier molecular flexibility index (Phi) is 10.1. The van der Waals surface area contributed by atoms with Crippen molar-refractivity contribution in [3.8, 4) is 17.0 Å². The lowest BCUT2D eigenvalue weighted by Crippen LogP contribution is -2.39. The molecule has 1 aromatic heterocycles. The van der Waals surface area contributed by atoms with E-state index in [1.807, 2.05) is 20.8 Å². The van der Waals surface area contributed by atoms with Crippen LogP contribution < -0.4 is 15.4 Å². The standard InChI is InChI=1S/C31H36ClF2N5O5/c1-31(2,3)44-30(42)35-13-10-18-11-14-39(15-12-18)29(41)20-7-6-19(16-22(20)32)37-28(40)27-36-17-23(38(27)4)21-8-9-24(43-5)26(34)25(21)33/h6-9,16-18H,10-15H2,1-5H3,(H,35,42)(H,37,40). The summed E-state index contributed by atoms with van der Waals surface area (Å²) in [5.41, 5.74) is 0.207. The summed E-state index contributed by atoms with van der Waals surface area (Å²) in [5.74, 6) is -2.99. The molecule has 0 unspecified atom stereocenters. The molecular formula is C31H36ClF2N5O5. The fourth-order valence-corrected chi connectivity index (χ4v) is 5.26. The number of carbonyl (C=O) groups excluding carboxylic acids is 3. The van der Waals surface area contributed by atoms with Crippen molar-refractivity contribution in [1.29, 1.82) is 0 Å². The second kappa shape index (κ2) is 13.6. The fraction of sp³-hybridized carbons (Fsp3) is 0.419. The van der Waals surface area contributed by atoms with Crippen LogP contribution in [-0.2, 0) is 11.8 Å². The molecule has 0 aliphatic carbocycles. The molecular weight excluding hydrogens is 596 g/mol. The molecule has 13 heteroatoms. The van der Waals surface area contributed by atoms with E-state index in [0.717, 1.165) is 19.3 Å². The predicted octanol–water partition coefficient (Wildman–Crippen LogP) is 6.05. The van der Waals surface area contributed by atoms with Crippen molar-refractivity contribution >= 4 is 35.2 Å². The van der Waals surface area contributed by atoms with Crippen molar-refractivity contribution in [3.05, 3.63) is 64.6 Å². The first kappa shape index (κ1) is 32.7. The molecule has 236 valence electrons. The minimum atomic E-state index is -1.14. The van der Waals surface area contributed by atoms with Gasteiger partial charge in [-0.25, -0.2) is 14.2 Å². The Morgan fingerprint density at radius 3 is 2.43 bits per heavy atom.